The number of esters is 1. The van der Waals surface area contributed by atoms with Gasteiger partial charge in [0, 0.05) is 12.0 Å². The van der Waals surface area contributed by atoms with Gasteiger partial charge in [-0.2, -0.15) is 0 Å². The Morgan fingerprint density at radius 1 is 1.39 bits per heavy atom. The van der Waals surface area contributed by atoms with Crippen molar-refractivity contribution in [2.24, 2.45) is 15.8 Å². The van der Waals surface area contributed by atoms with E-state index in [-0.39, 0.29) is 11.4 Å². The lowest BCUT2D eigenvalue weighted by atomic mass is 9.88. The highest BCUT2D eigenvalue weighted by Gasteiger charge is 2.75. The average molecular weight is 243 g/mol. The van der Waals surface area contributed by atoms with Gasteiger partial charge in [0.1, 0.15) is 5.41 Å². The summed E-state index contributed by atoms with van der Waals surface area (Å²) in [5, 5.41) is 0. The standard InChI is InChI=1S/C15H17NO2/c1-3-18-13(17)15-9-14(15,2)10-16-12(15)11-7-5-4-6-8-11/h4-8H,3,9-10H2,1-2H3/t14-,15+/m1/s1. The van der Waals surface area contributed by atoms with Crippen LogP contribution in [0, 0.1) is 10.8 Å². The van der Waals surface area contributed by atoms with Crippen LogP contribution in [0.1, 0.15) is 25.8 Å². The van der Waals surface area contributed by atoms with Crippen LogP contribution in [0.15, 0.2) is 35.3 Å². The third-order valence-electron chi connectivity index (χ3n) is 4.22. The van der Waals surface area contributed by atoms with Gasteiger partial charge in [-0.25, -0.2) is 0 Å². The topological polar surface area (TPSA) is 38.7 Å². The molecule has 0 spiro atoms. The number of benzene rings is 1. The zero-order valence-corrected chi connectivity index (χ0v) is 10.8. The molecule has 1 saturated carbocycles. The van der Waals surface area contributed by atoms with Gasteiger partial charge in [0.25, 0.3) is 0 Å². The van der Waals surface area contributed by atoms with Crippen LogP contribution in [-0.4, -0.2) is 24.8 Å². The fourth-order valence-electron chi connectivity index (χ4n) is 3.09. The van der Waals surface area contributed by atoms with Crippen molar-refractivity contribution in [3.05, 3.63) is 35.9 Å². The Hall–Kier alpha value is -1.64. The number of nitrogens with zero attached hydrogens (tertiary/aromatic N) is 1. The van der Waals surface area contributed by atoms with E-state index in [2.05, 4.69) is 11.9 Å². The van der Waals surface area contributed by atoms with E-state index in [0.717, 1.165) is 24.2 Å². The second-order valence-corrected chi connectivity index (χ2v) is 5.39. The highest BCUT2D eigenvalue weighted by Crippen LogP contribution is 2.69. The molecule has 0 unspecified atom stereocenters. The van der Waals surface area contributed by atoms with Crippen LogP contribution in [0.3, 0.4) is 0 Å². The van der Waals surface area contributed by atoms with E-state index < -0.39 is 5.41 Å². The van der Waals surface area contributed by atoms with E-state index in [1.54, 1.807) is 0 Å². The first-order valence-corrected chi connectivity index (χ1v) is 6.42. The van der Waals surface area contributed by atoms with Gasteiger partial charge in [-0.15, -0.1) is 0 Å². The molecule has 0 radical (unpaired) electrons. The van der Waals surface area contributed by atoms with Crippen molar-refractivity contribution in [1.82, 2.24) is 0 Å². The van der Waals surface area contributed by atoms with Crippen molar-refractivity contribution >= 4 is 11.7 Å². The van der Waals surface area contributed by atoms with Gasteiger partial charge < -0.3 is 4.74 Å². The molecule has 2 aliphatic rings. The summed E-state index contributed by atoms with van der Waals surface area (Å²) in [6.07, 6.45) is 0.868. The fraction of sp³-hybridized carbons (Fsp3) is 0.467. The van der Waals surface area contributed by atoms with Crippen molar-refractivity contribution in [1.29, 1.82) is 0 Å². The minimum atomic E-state index is -0.482. The summed E-state index contributed by atoms with van der Waals surface area (Å²) in [5.74, 6) is -0.104. The van der Waals surface area contributed by atoms with E-state index in [9.17, 15) is 4.79 Å². The van der Waals surface area contributed by atoms with Crippen LogP contribution in [0.25, 0.3) is 0 Å². The lowest BCUT2D eigenvalue weighted by Gasteiger charge is -2.16. The van der Waals surface area contributed by atoms with Gasteiger partial charge >= 0.3 is 5.97 Å². The molecule has 0 aromatic heterocycles. The Morgan fingerprint density at radius 3 is 2.72 bits per heavy atom. The molecule has 1 aromatic carbocycles. The first-order chi connectivity index (χ1) is 8.64. The molecular formula is C15H17NO2. The molecule has 1 fully saturated rings. The smallest absolute Gasteiger partial charge is 0.318 e. The lowest BCUT2D eigenvalue weighted by molar-refractivity contribution is -0.147. The minimum Gasteiger partial charge on any atom is -0.465 e. The highest BCUT2D eigenvalue weighted by atomic mass is 16.5. The van der Waals surface area contributed by atoms with Crippen LogP contribution in [0.5, 0.6) is 0 Å². The first-order valence-electron chi connectivity index (χ1n) is 6.42. The molecule has 1 aliphatic heterocycles. The molecule has 0 bridgehead atoms. The van der Waals surface area contributed by atoms with Crippen molar-refractivity contribution in [2.75, 3.05) is 13.2 Å². The van der Waals surface area contributed by atoms with Crippen molar-refractivity contribution in [3.8, 4) is 0 Å². The predicted octanol–water partition coefficient (Wildman–Crippen LogP) is 2.45. The van der Waals surface area contributed by atoms with Crippen molar-refractivity contribution in [2.45, 2.75) is 20.3 Å². The SMILES string of the molecule is CCOC(=O)[C@@]12C[C@]1(C)CN=C2c1ccccc1. The van der Waals surface area contributed by atoms with E-state index in [4.69, 9.17) is 4.74 Å². The maximum atomic E-state index is 12.3. The maximum Gasteiger partial charge on any atom is 0.318 e. The van der Waals surface area contributed by atoms with E-state index >= 15 is 0 Å². The first kappa shape index (κ1) is 11.5. The van der Waals surface area contributed by atoms with E-state index in [0.29, 0.717) is 6.61 Å². The molecule has 0 saturated heterocycles. The summed E-state index contributed by atoms with van der Waals surface area (Å²) in [4.78, 5) is 16.9. The molecule has 94 valence electrons. The lowest BCUT2D eigenvalue weighted by Crippen LogP contribution is -2.30. The third kappa shape index (κ3) is 1.30. The largest absolute Gasteiger partial charge is 0.465 e. The predicted molar refractivity (Wildman–Crippen MR) is 69.6 cm³/mol. The fourth-order valence-corrected chi connectivity index (χ4v) is 3.09. The zero-order valence-electron chi connectivity index (χ0n) is 10.8. The Balaban J connectivity index is 1.99. The Labute approximate surface area is 107 Å². The monoisotopic (exact) mass is 243 g/mol. The number of carbonyl (C=O) groups excluding carboxylic acids is 1. The van der Waals surface area contributed by atoms with E-state index in [1.165, 1.54) is 0 Å². The van der Waals surface area contributed by atoms with Crippen LogP contribution < -0.4 is 0 Å². The number of hydrogen-bond donors (Lipinski definition) is 0. The molecule has 1 aliphatic carbocycles. The highest BCUT2D eigenvalue weighted by molar-refractivity contribution is 6.20. The van der Waals surface area contributed by atoms with Crippen LogP contribution in [0.2, 0.25) is 0 Å². The summed E-state index contributed by atoms with van der Waals surface area (Å²) in [7, 11) is 0. The molecule has 0 amide bonds. The number of aliphatic imine (C=N–C) groups is 1. The minimum absolute atomic E-state index is 0.0234. The van der Waals surface area contributed by atoms with Crippen molar-refractivity contribution < 1.29 is 9.53 Å². The molecule has 18 heavy (non-hydrogen) atoms. The van der Waals surface area contributed by atoms with Gasteiger partial charge in [0.2, 0.25) is 0 Å². The summed E-state index contributed by atoms with van der Waals surface area (Å²) < 4.78 is 5.27. The van der Waals surface area contributed by atoms with Crippen LogP contribution in [-0.2, 0) is 9.53 Å². The molecule has 2 atom stereocenters. The summed E-state index contributed by atoms with van der Waals surface area (Å²) >= 11 is 0. The molecule has 1 heterocycles. The Bertz CT molecular complexity index is 523. The maximum absolute atomic E-state index is 12.3. The molecule has 3 heteroatoms. The van der Waals surface area contributed by atoms with Gasteiger partial charge in [-0.1, -0.05) is 37.3 Å². The normalized spacial score (nSPS) is 32.7. The van der Waals surface area contributed by atoms with Crippen molar-refractivity contribution in [3.63, 3.8) is 0 Å². The van der Waals surface area contributed by atoms with Gasteiger partial charge in [-0.3, -0.25) is 9.79 Å². The molecule has 0 N–H and O–H groups in total. The van der Waals surface area contributed by atoms with Crippen LogP contribution in [0.4, 0.5) is 0 Å². The summed E-state index contributed by atoms with van der Waals surface area (Å²) in [6.45, 7) is 5.14. The molecule has 3 nitrogen and oxygen atoms in total. The van der Waals surface area contributed by atoms with Gasteiger partial charge in [0.05, 0.1) is 12.3 Å². The molecular weight excluding hydrogens is 226 g/mol. The molecule has 3 rings (SSSR count). The third-order valence-corrected chi connectivity index (χ3v) is 4.22. The number of ether oxygens (including phenoxy) is 1. The Morgan fingerprint density at radius 2 is 2.11 bits per heavy atom. The zero-order chi connectivity index (χ0) is 12.8. The number of carbonyl (C=O) groups is 1. The van der Waals surface area contributed by atoms with Gasteiger partial charge in [0.15, 0.2) is 0 Å². The van der Waals surface area contributed by atoms with Gasteiger partial charge in [-0.05, 0) is 18.9 Å². The number of fused-ring (bicyclic) bond motifs is 1. The second kappa shape index (κ2) is 3.67. The molecule has 1 aromatic rings. The van der Waals surface area contributed by atoms with Crippen LogP contribution >= 0.6 is 0 Å². The number of hydrogen-bond acceptors (Lipinski definition) is 3. The summed E-state index contributed by atoms with van der Waals surface area (Å²) in [5.41, 5.74) is 1.46. The quantitative estimate of drug-likeness (QED) is 0.765. The number of rotatable bonds is 3. The Kier molecular flexibility index (Phi) is 2.34. The van der Waals surface area contributed by atoms with E-state index in [1.807, 2.05) is 37.3 Å². The summed E-state index contributed by atoms with van der Waals surface area (Å²) in [6, 6.07) is 9.97. The average Bonchev–Trinajstić information content (AvgIpc) is 2.89. The second-order valence-electron chi connectivity index (χ2n) is 5.39.